The molecular weight excluding hydrogens is 240 g/mol. The van der Waals surface area contributed by atoms with Gasteiger partial charge < -0.3 is 25.9 Å². The van der Waals surface area contributed by atoms with E-state index in [4.69, 9.17) is 0 Å². The number of nitrogens with one attached hydrogen (secondary N) is 3. The van der Waals surface area contributed by atoms with Crippen molar-refractivity contribution >= 4 is 18.0 Å². The van der Waals surface area contributed by atoms with Gasteiger partial charge in [-0.05, 0) is 5.92 Å². The van der Waals surface area contributed by atoms with Crippen LogP contribution in [0, 0.1) is 5.92 Å². The first-order chi connectivity index (χ1) is 8.45. The van der Waals surface area contributed by atoms with Crippen molar-refractivity contribution in [2.24, 2.45) is 5.92 Å². The van der Waals surface area contributed by atoms with Gasteiger partial charge in [0, 0.05) is 0 Å². The summed E-state index contributed by atoms with van der Waals surface area (Å²) in [5.74, 6) is -1.58. The van der Waals surface area contributed by atoms with Gasteiger partial charge in [-0.2, -0.15) is 0 Å². The van der Waals surface area contributed by atoms with Gasteiger partial charge in [-0.15, -0.1) is 0 Å². The number of hydrogen-bond donors (Lipinski definition) is 3. The highest BCUT2D eigenvalue weighted by molar-refractivity contribution is 5.88. The van der Waals surface area contributed by atoms with E-state index in [9.17, 15) is 19.5 Å². The Labute approximate surface area is 104 Å². The lowest BCUT2D eigenvalue weighted by atomic mass is 9.97. The van der Waals surface area contributed by atoms with Crippen LogP contribution in [0.1, 0.15) is 20.3 Å². The average Bonchev–Trinajstić information content (AvgIpc) is 2.76. The molecule has 0 unspecified atom stereocenters. The van der Waals surface area contributed by atoms with Crippen LogP contribution < -0.4 is 21.1 Å². The molecule has 0 aromatic rings. The number of nitrogens with zero attached hydrogens (tertiary/aromatic N) is 1. The number of carboxylic acids is 1. The number of rotatable bonds is 4. The van der Waals surface area contributed by atoms with Crippen LogP contribution >= 0.6 is 0 Å². The Morgan fingerprint density at radius 1 is 1.39 bits per heavy atom. The standard InChI is InChI=1S/C10H16N4O4/c1-3-4(2)5(8(15)16)14-7-6(12-10(14)18)11-9(17)13-7/h4-7H,3H2,1-2H3,(H,12,18)(H,15,16)(H2,11,13,17)/p-1/t4-,5-,6+,7-/m1/s1. The van der Waals surface area contributed by atoms with E-state index in [0.717, 1.165) is 4.90 Å². The van der Waals surface area contributed by atoms with Gasteiger partial charge in [-0.25, -0.2) is 9.59 Å². The lowest BCUT2D eigenvalue weighted by molar-refractivity contribution is -0.312. The van der Waals surface area contributed by atoms with Crippen molar-refractivity contribution < 1.29 is 19.5 Å². The van der Waals surface area contributed by atoms with Gasteiger partial charge in [-0.3, -0.25) is 4.90 Å². The minimum Gasteiger partial charge on any atom is -0.548 e. The fourth-order valence-electron chi connectivity index (χ4n) is 2.30. The van der Waals surface area contributed by atoms with Crippen LogP contribution in [-0.2, 0) is 4.79 Å². The maximum absolute atomic E-state index is 11.8. The quantitative estimate of drug-likeness (QED) is 0.546. The zero-order chi connectivity index (χ0) is 13.4. The van der Waals surface area contributed by atoms with Gasteiger partial charge >= 0.3 is 12.1 Å². The monoisotopic (exact) mass is 255 g/mol. The minimum absolute atomic E-state index is 0.267. The van der Waals surface area contributed by atoms with Crippen LogP contribution in [0.25, 0.3) is 0 Å². The highest BCUT2D eigenvalue weighted by Crippen LogP contribution is 2.23. The number of hydrogen-bond acceptors (Lipinski definition) is 4. The van der Waals surface area contributed by atoms with E-state index in [0.29, 0.717) is 6.42 Å². The zero-order valence-electron chi connectivity index (χ0n) is 10.1. The molecule has 0 spiro atoms. The summed E-state index contributed by atoms with van der Waals surface area (Å²) in [7, 11) is 0. The molecule has 8 nitrogen and oxygen atoms in total. The maximum atomic E-state index is 11.8. The molecule has 18 heavy (non-hydrogen) atoms. The summed E-state index contributed by atoms with van der Waals surface area (Å²) in [4.78, 5) is 35.3. The number of carbonyl (C=O) groups excluding carboxylic acids is 3. The second-order valence-corrected chi connectivity index (χ2v) is 4.55. The average molecular weight is 255 g/mol. The third-order valence-corrected chi connectivity index (χ3v) is 3.42. The lowest BCUT2D eigenvalue weighted by Gasteiger charge is -2.35. The topological polar surface area (TPSA) is 114 Å². The van der Waals surface area contributed by atoms with Gasteiger partial charge in [0.1, 0.15) is 12.3 Å². The molecule has 2 aliphatic rings. The van der Waals surface area contributed by atoms with E-state index < -0.39 is 36.4 Å². The van der Waals surface area contributed by atoms with Crippen LogP contribution in [-0.4, -0.2) is 41.3 Å². The van der Waals surface area contributed by atoms with E-state index in [1.165, 1.54) is 0 Å². The number of carbonyl (C=O) groups is 3. The number of aliphatic carboxylic acids is 1. The van der Waals surface area contributed by atoms with Crippen molar-refractivity contribution in [3.05, 3.63) is 0 Å². The van der Waals surface area contributed by atoms with E-state index in [1.54, 1.807) is 6.92 Å². The summed E-state index contributed by atoms with van der Waals surface area (Å²) in [6.45, 7) is 3.56. The molecule has 2 heterocycles. The van der Waals surface area contributed by atoms with E-state index in [1.807, 2.05) is 6.92 Å². The smallest absolute Gasteiger partial charge is 0.321 e. The molecule has 100 valence electrons. The first-order valence-electron chi connectivity index (χ1n) is 5.82. The van der Waals surface area contributed by atoms with Crippen LogP contribution in [0.3, 0.4) is 0 Å². The Kier molecular flexibility index (Phi) is 3.02. The molecule has 2 saturated heterocycles. The first kappa shape index (κ1) is 12.5. The number of fused-ring (bicyclic) bond motifs is 1. The van der Waals surface area contributed by atoms with Crippen LogP contribution in [0.5, 0.6) is 0 Å². The Balaban J connectivity index is 2.26. The number of carboxylic acid groups (broad SMARTS) is 1. The van der Waals surface area contributed by atoms with Crippen LogP contribution in [0.2, 0.25) is 0 Å². The molecule has 2 fully saturated rings. The Hall–Kier alpha value is -1.99. The number of urea groups is 2. The fourth-order valence-corrected chi connectivity index (χ4v) is 2.30. The summed E-state index contributed by atoms with van der Waals surface area (Å²) in [6.07, 6.45) is -0.709. The molecular formula is C10H15N4O4-. The molecule has 4 amide bonds. The second kappa shape index (κ2) is 4.35. The van der Waals surface area contributed by atoms with E-state index in [-0.39, 0.29) is 5.92 Å². The largest absolute Gasteiger partial charge is 0.548 e. The fraction of sp³-hybridized carbons (Fsp3) is 0.700. The second-order valence-electron chi connectivity index (χ2n) is 4.55. The highest BCUT2D eigenvalue weighted by atomic mass is 16.4. The summed E-state index contributed by atoms with van der Waals surface area (Å²) in [5.41, 5.74) is 0. The molecule has 2 aliphatic heterocycles. The first-order valence-corrected chi connectivity index (χ1v) is 5.82. The van der Waals surface area contributed by atoms with Gasteiger partial charge in [0.25, 0.3) is 0 Å². The molecule has 0 aliphatic carbocycles. The van der Waals surface area contributed by atoms with Crippen molar-refractivity contribution in [2.45, 2.75) is 38.6 Å². The van der Waals surface area contributed by atoms with Crippen LogP contribution in [0.4, 0.5) is 9.59 Å². The molecule has 0 bridgehead atoms. The third-order valence-electron chi connectivity index (χ3n) is 3.42. The van der Waals surface area contributed by atoms with Crippen molar-refractivity contribution in [3.63, 3.8) is 0 Å². The molecule has 4 atom stereocenters. The molecule has 0 saturated carbocycles. The Morgan fingerprint density at radius 3 is 2.61 bits per heavy atom. The lowest BCUT2D eigenvalue weighted by Crippen LogP contribution is -2.58. The molecule has 2 rings (SSSR count). The van der Waals surface area contributed by atoms with Gasteiger partial charge in [0.15, 0.2) is 0 Å². The zero-order valence-corrected chi connectivity index (χ0v) is 10.1. The van der Waals surface area contributed by atoms with E-state index >= 15 is 0 Å². The molecule has 0 aromatic carbocycles. The number of amides is 4. The van der Waals surface area contributed by atoms with Crippen molar-refractivity contribution in [1.82, 2.24) is 20.9 Å². The van der Waals surface area contributed by atoms with E-state index in [2.05, 4.69) is 16.0 Å². The molecule has 8 heteroatoms. The van der Waals surface area contributed by atoms with Crippen molar-refractivity contribution in [1.29, 1.82) is 0 Å². The summed E-state index contributed by atoms with van der Waals surface area (Å²) < 4.78 is 0. The Morgan fingerprint density at radius 2 is 2.06 bits per heavy atom. The van der Waals surface area contributed by atoms with Crippen molar-refractivity contribution in [3.8, 4) is 0 Å². The third kappa shape index (κ3) is 1.83. The highest BCUT2D eigenvalue weighted by Gasteiger charge is 2.49. The normalized spacial score (nSPS) is 29.1. The Bertz CT molecular complexity index is 399. The summed E-state index contributed by atoms with van der Waals surface area (Å²) in [5, 5.41) is 18.8. The SMILES string of the molecule is CC[C@@H](C)[C@H](C(=O)[O-])N1C(=O)N[C@@H]2NC(=O)N[C@@H]21. The van der Waals surface area contributed by atoms with Gasteiger partial charge in [0.2, 0.25) is 0 Å². The summed E-state index contributed by atoms with van der Waals surface area (Å²) >= 11 is 0. The van der Waals surface area contributed by atoms with Crippen LogP contribution in [0.15, 0.2) is 0 Å². The minimum atomic E-state index is -1.32. The van der Waals surface area contributed by atoms with Gasteiger partial charge in [0.05, 0.1) is 12.0 Å². The summed E-state index contributed by atoms with van der Waals surface area (Å²) in [6, 6.07) is -2.02. The molecule has 3 N–H and O–H groups in total. The maximum Gasteiger partial charge on any atom is 0.321 e. The molecule has 0 aromatic heterocycles. The van der Waals surface area contributed by atoms with Crippen molar-refractivity contribution in [2.75, 3.05) is 0 Å². The van der Waals surface area contributed by atoms with Gasteiger partial charge in [-0.1, -0.05) is 20.3 Å². The molecule has 0 radical (unpaired) electrons. The predicted molar refractivity (Wildman–Crippen MR) is 57.9 cm³/mol. The predicted octanol–water partition coefficient (Wildman–Crippen LogP) is -1.86.